The second kappa shape index (κ2) is 36.7. The molecule has 164 valence electrons. The average molecular weight is 447 g/mol. The van der Waals surface area contributed by atoms with Crippen LogP contribution in [-0.2, 0) is 0 Å². The summed E-state index contributed by atoms with van der Waals surface area (Å²) in [4.78, 5) is 0. The van der Waals surface area contributed by atoms with Crippen LogP contribution >= 0.6 is 0 Å². The zero-order valence-corrected chi connectivity index (χ0v) is 28.7. The summed E-state index contributed by atoms with van der Waals surface area (Å²) < 4.78 is 4.82. The average Bonchev–Trinajstić information content (AvgIpc) is 2.41. The van der Waals surface area contributed by atoms with E-state index in [2.05, 4.69) is 100.0 Å². The van der Waals surface area contributed by atoms with Crippen molar-refractivity contribution in [1.29, 1.82) is 0 Å². The van der Waals surface area contributed by atoms with E-state index in [0.717, 1.165) is 12.8 Å². The minimum absolute atomic E-state index is 0. The quantitative estimate of drug-likeness (QED) is 0.220. The third-order valence-electron chi connectivity index (χ3n) is 2.47. The van der Waals surface area contributed by atoms with Crippen molar-refractivity contribution >= 4 is 16.5 Å². The Labute approximate surface area is 255 Å². The molecular formula is C22H54Li3N2NaSi2. The molecule has 30 heavy (non-hydrogen) atoms. The number of nitrogens with zero attached hydrogens (tertiary/aromatic N) is 2. The summed E-state index contributed by atoms with van der Waals surface area (Å²) in [5.41, 5.74) is 0. The fourth-order valence-electron chi connectivity index (χ4n) is 2.03. The minimum Gasteiger partial charge on any atom is -0.668 e. The molecule has 0 aliphatic carbocycles. The van der Waals surface area contributed by atoms with Crippen LogP contribution in [0.1, 0.15) is 80.1 Å². The SMILES string of the molecule is CC(C)[N-]C(C)C.C[Si](C)(C)[N-][Si](C)(C)C.[CH2-]CCC.[CH2-]CCCCC.[Li+].[Li+].[Li+].[Na+]. The van der Waals surface area contributed by atoms with Gasteiger partial charge in [0.2, 0.25) is 0 Å². The molecule has 0 amide bonds. The molecule has 0 atom stereocenters. The van der Waals surface area contributed by atoms with Crippen LogP contribution < -0.4 is 86.1 Å². The normalized spacial score (nSPS) is 9.60. The van der Waals surface area contributed by atoms with E-state index in [0.29, 0.717) is 12.1 Å². The van der Waals surface area contributed by atoms with Crippen LogP contribution in [0.25, 0.3) is 9.96 Å². The molecule has 2 nitrogen and oxygen atoms in total. The Morgan fingerprint density at radius 1 is 0.633 bits per heavy atom. The Kier molecular flexibility index (Phi) is 66.3. The number of unbranched alkanes of at least 4 members (excludes halogenated alkanes) is 4. The van der Waals surface area contributed by atoms with E-state index >= 15 is 0 Å². The molecule has 0 aromatic carbocycles. The molecule has 0 aromatic heterocycles. The third kappa shape index (κ3) is 96.3. The van der Waals surface area contributed by atoms with Gasteiger partial charge in [0.1, 0.15) is 0 Å². The van der Waals surface area contributed by atoms with E-state index in [4.69, 9.17) is 4.65 Å². The van der Waals surface area contributed by atoms with Gasteiger partial charge in [-0.3, -0.25) is 0 Å². The maximum Gasteiger partial charge on any atom is 1.00 e. The maximum atomic E-state index is 4.82. The number of hydrogen-bond donors (Lipinski definition) is 0. The van der Waals surface area contributed by atoms with E-state index in [9.17, 15) is 0 Å². The Morgan fingerprint density at radius 3 is 0.967 bits per heavy atom. The zero-order chi connectivity index (χ0) is 21.8. The predicted molar refractivity (Wildman–Crippen MR) is 133 cm³/mol. The molecule has 0 radical (unpaired) electrons. The summed E-state index contributed by atoms with van der Waals surface area (Å²) in [6.45, 7) is 33.8. The summed E-state index contributed by atoms with van der Waals surface area (Å²) in [6, 6.07) is 1.000. The summed E-state index contributed by atoms with van der Waals surface area (Å²) >= 11 is 0. The van der Waals surface area contributed by atoms with Crippen LogP contribution in [0.2, 0.25) is 39.3 Å². The van der Waals surface area contributed by atoms with Crippen molar-refractivity contribution in [2.45, 2.75) is 131 Å². The predicted octanol–water partition coefficient (Wildman–Crippen LogP) is -2.76. The monoisotopic (exact) mass is 446 g/mol. The molecule has 0 aliphatic rings. The molecule has 0 aromatic rings. The minimum atomic E-state index is -1.11. The molecule has 0 saturated carbocycles. The fourth-order valence-corrected chi connectivity index (χ4v) is 10.1. The van der Waals surface area contributed by atoms with Crippen molar-refractivity contribution in [3.05, 3.63) is 23.8 Å². The molecule has 0 unspecified atom stereocenters. The van der Waals surface area contributed by atoms with Gasteiger partial charge in [-0.05, 0) is 0 Å². The van der Waals surface area contributed by atoms with Crippen molar-refractivity contribution < 1.29 is 86.1 Å². The Morgan fingerprint density at radius 2 is 0.933 bits per heavy atom. The standard InChI is InChI=1S/C6H18NSi2.C6H14N.C6H13.C4H9.3Li.Na/c1-8(2,3)7-9(4,5)6;1-5(2)7-6(3)4;1-3-5-6-4-2;1-3-4-2;;;;/h1-6H3;5-6H,1-4H3;1,3-6H2,2H3;1,3-4H2,2H3;;;;/q4*-1;4*+1. The van der Waals surface area contributed by atoms with Gasteiger partial charge in [-0.15, -0.1) is 12.1 Å². The molecule has 0 rings (SSSR count). The van der Waals surface area contributed by atoms with Crippen LogP contribution in [-0.4, -0.2) is 28.6 Å². The van der Waals surface area contributed by atoms with Crippen LogP contribution in [0.3, 0.4) is 0 Å². The van der Waals surface area contributed by atoms with Crippen molar-refractivity contribution in [2.24, 2.45) is 0 Å². The van der Waals surface area contributed by atoms with Crippen molar-refractivity contribution in [3.63, 3.8) is 0 Å². The fraction of sp³-hybridized carbons (Fsp3) is 0.909. The molecule has 0 bridgehead atoms. The van der Waals surface area contributed by atoms with Crippen LogP contribution in [0.4, 0.5) is 0 Å². The number of hydrogen-bond acceptors (Lipinski definition) is 0. The van der Waals surface area contributed by atoms with Crippen LogP contribution in [0.15, 0.2) is 0 Å². The van der Waals surface area contributed by atoms with E-state index < -0.39 is 16.5 Å². The van der Waals surface area contributed by atoms with E-state index in [1.54, 1.807) is 0 Å². The summed E-state index contributed by atoms with van der Waals surface area (Å²) in [5, 5.41) is 4.28. The second-order valence-electron chi connectivity index (χ2n) is 9.20. The largest absolute Gasteiger partial charge is 1.00 e. The first kappa shape index (κ1) is 54.2. The molecule has 0 heterocycles. The summed E-state index contributed by atoms with van der Waals surface area (Å²) in [7, 11) is -2.21. The first-order chi connectivity index (χ1) is 11.7. The molecular weight excluding hydrogens is 392 g/mol. The van der Waals surface area contributed by atoms with Gasteiger partial charge in [0.05, 0.1) is 0 Å². The number of rotatable bonds is 8. The molecule has 0 saturated heterocycles. The van der Waals surface area contributed by atoms with Gasteiger partial charge in [-0.25, -0.2) is 0 Å². The van der Waals surface area contributed by atoms with Crippen LogP contribution in [0.5, 0.6) is 0 Å². The summed E-state index contributed by atoms with van der Waals surface area (Å²) in [5.74, 6) is 0. The smallest absolute Gasteiger partial charge is 0.668 e. The van der Waals surface area contributed by atoms with Gasteiger partial charge < -0.3 is 23.8 Å². The Bertz CT molecular complexity index is 238. The van der Waals surface area contributed by atoms with E-state index in [1.807, 2.05) is 0 Å². The van der Waals surface area contributed by atoms with Gasteiger partial charge in [0, 0.05) is 0 Å². The topological polar surface area (TPSA) is 28.2 Å². The van der Waals surface area contributed by atoms with Gasteiger partial charge in [-0.2, -0.15) is 12.8 Å². The van der Waals surface area contributed by atoms with Gasteiger partial charge in [-0.1, -0.05) is 123 Å². The van der Waals surface area contributed by atoms with Crippen molar-refractivity contribution in [1.82, 2.24) is 0 Å². The molecule has 0 aliphatic heterocycles. The second-order valence-corrected chi connectivity index (χ2v) is 18.8. The first-order valence-electron chi connectivity index (χ1n) is 10.7. The molecule has 0 N–H and O–H groups in total. The molecule has 0 fully saturated rings. The third-order valence-corrected chi connectivity index (χ3v) is 7.84. The van der Waals surface area contributed by atoms with E-state index in [-0.39, 0.29) is 86.1 Å². The van der Waals surface area contributed by atoms with Crippen molar-refractivity contribution in [3.8, 4) is 0 Å². The van der Waals surface area contributed by atoms with Crippen LogP contribution in [0, 0.1) is 13.8 Å². The van der Waals surface area contributed by atoms with Crippen molar-refractivity contribution in [2.75, 3.05) is 0 Å². The van der Waals surface area contributed by atoms with E-state index in [1.165, 1.54) is 25.7 Å². The Balaban J connectivity index is -0.0000000354. The maximum absolute atomic E-state index is 4.82. The van der Waals surface area contributed by atoms with Gasteiger partial charge in [0.25, 0.3) is 0 Å². The first-order valence-corrected chi connectivity index (χ1v) is 17.6. The molecule has 8 heteroatoms. The zero-order valence-electron chi connectivity index (χ0n) is 24.7. The Hall–Kier alpha value is 3.15. The van der Waals surface area contributed by atoms with Gasteiger partial charge >= 0.3 is 86.1 Å². The van der Waals surface area contributed by atoms with Gasteiger partial charge in [0.15, 0.2) is 0 Å². The summed E-state index contributed by atoms with van der Waals surface area (Å²) in [6.07, 6.45) is 7.35. The molecule has 0 spiro atoms.